The van der Waals surface area contributed by atoms with Crippen LogP contribution in [0.25, 0.3) is 11.3 Å². The Morgan fingerprint density at radius 1 is 1.26 bits per heavy atom. The molecule has 0 bridgehead atoms. The van der Waals surface area contributed by atoms with Crippen molar-refractivity contribution in [2.45, 2.75) is 58.0 Å². The van der Waals surface area contributed by atoms with Gasteiger partial charge in [0.1, 0.15) is 17.0 Å². The number of nitrogens with zero attached hydrogens (tertiary/aromatic N) is 2. The number of likely N-dealkylation sites (tertiary alicyclic amines) is 1. The monoisotopic (exact) mass is 369 g/mol. The van der Waals surface area contributed by atoms with E-state index in [0.29, 0.717) is 25.1 Å². The molecule has 6 nitrogen and oxygen atoms in total. The molecule has 144 valence electrons. The molecule has 1 atom stereocenters. The van der Waals surface area contributed by atoms with Crippen LogP contribution in [0.5, 0.6) is 0 Å². The van der Waals surface area contributed by atoms with Crippen LogP contribution in [0, 0.1) is 0 Å². The molecule has 1 aromatic carbocycles. The first-order chi connectivity index (χ1) is 12.7. The zero-order valence-corrected chi connectivity index (χ0v) is 16.4. The summed E-state index contributed by atoms with van der Waals surface area (Å²) in [6.45, 7) is 7.90. The Hall–Kier alpha value is -2.63. The van der Waals surface area contributed by atoms with Crippen LogP contribution in [0.1, 0.15) is 46.3 Å². The molecule has 2 heterocycles. The summed E-state index contributed by atoms with van der Waals surface area (Å²) in [6, 6.07) is 11.6. The van der Waals surface area contributed by atoms with Crippen LogP contribution in [-0.4, -0.2) is 39.5 Å². The van der Waals surface area contributed by atoms with Crippen LogP contribution in [0.15, 0.2) is 40.9 Å². The minimum absolute atomic E-state index is 0.0978. The zero-order valence-electron chi connectivity index (χ0n) is 16.4. The fourth-order valence-electron chi connectivity index (χ4n) is 3.72. The van der Waals surface area contributed by atoms with E-state index in [1.165, 1.54) is 6.92 Å². The molecular weight excluding hydrogens is 342 g/mol. The average molecular weight is 369 g/mol. The Morgan fingerprint density at radius 3 is 2.59 bits per heavy atom. The number of amides is 2. The summed E-state index contributed by atoms with van der Waals surface area (Å²) in [6.07, 6.45) is 1.71. The van der Waals surface area contributed by atoms with Crippen LogP contribution < -0.4 is 5.32 Å². The number of carbonyl (C=O) groups is 2. The Morgan fingerprint density at radius 2 is 1.96 bits per heavy atom. The number of hydrogen-bond acceptors (Lipinski definition) is 4. The predicted octanol–water partition coefficient (Wildman–Crippen LogP) is 3.18. The number of nitrogens with one attached hydrogen (secondary N) is 1. The third kappa shape index (κ3) is 4.04. The van der Waals surface area contributed by atoms with Gasteiger partial charge in [-0.2, -0.15) is 0 Å². The molecule has 1 aliphatic heterocycles. The van der Waals surface area contributed by atoms with E-state index >= 15 is 0 Å². The molecule has 27 heavy (non-hydrogen) atoms. The molecular formula is C21H27N3O3. The highest BCUT2D eigenvalue weighted by atomic mass is 16.5. The molecule has 1 aliphatic rings. The van der Waals surface area contributed by atoms with Gasteiger partial charge in [-0.3, -0.25) is 9.59 Å². The van der Waals surface area contributed by atoms with Crippen LogP contribution in [-0.2, 0) is 16.0 Å². The van der Waals surface area contributed by atoms with E-state index in [1.54, 1.807) is 4.90 Å². The second kappa shape index (κ2) is 7.18. The topological polar surface area (TPSA) is 75.4 Å². The van der Waals surface area contributed by atoms with E-state index in [0.717, 1.165) is 17.7 Å². The summed E-state index contributed by atoms with van der Waals surface area (Å²) in [5, 5.41) is 7.20. The van der Waals surface area contributed by atoms with E-state index in [9.17, 15) is 9.59 Å². The Bertz CT molecular complexity index is 823. The maximum absolute atomic E-state index is 13.2. The molecule has 0 saturated carbocycles. The third-order valence-electron chi connectivity index (χ3n) is 4.88. The second-order valence-corrected chi connectivity index (χ2v) is 8.23. The van der Waals surface area contributed by atoms with E-state index < -0.39 is 5.54 Å². The van der Waals surface area contributed by atoms with Gasteiger partial charge in [0, 0.05) is 37.1 Å². The van der Waals surface area contributed by atoms with Crippen molar-refractivity contribution < 1.29 is 14.1 Å². The van der Waals surface area contributed by atoms with Crippen molar-refractivity contribution in [1.82, 2.24) is 15.4 Å². The highest BCUT2D eigenvalue weighted by Crippen LogP contribution is 2.35. The maximum Gasteiger partial charge on any atom is 0.246 e. The number of carbonyl (C=O) groups excluding carboxylic acids is 2. The molecule has 2 amide bonds. The quantitative estimate of drug-likeness (QED) is 0.898. The lowest BCUT2D eigenvalue weighted by atomic mass is 9.88. The Balaban J connectivity index is 1.92. The minimum Gasteiger partial charge on any atom is -0.361 e. The van der Waals surface area contributed by atoms with Gasteiger partial charge in [0.25, 0.3) is 0 Å². The van der Waals surface area contributed by atoms with Crippen molar-refractivity contribution in [2.24, 2.45) is 0 Å². The van der Waals surface area contributed by atoms with Crippen LogP contribution in [0.3, 0.4) is 0 Å². The fourth-order valence-corrected chi connectivity index (χ4v) is 3.72. The van der Waals surface area contributed by atoms with Gasteiger partial charge in [0.05, 0.1) is 0 Å². The fraction of sp³-hybridized carbons (Fsp3) is 0.476. The Kier molecular flexibility index (Phi) is 5.09. The first-order valence-electron chi connectivity index (χ1n) is 9.33. The van der Waals surface area contributed by atoms with E-state index in [-0.39, 0.29) is 17.4 Å². The number of aromatic nitrogens is 1. The van der Waals surface area contributed by atoms with Gasteiger partial charge in [0.2, 0.25) is 11.8 Å². The normalized spacial score (nSPS) is 19.9. The number of benzene rings is 1. The summed E-state index contributed by atoms with van der Waals surface area (Å²) in [5.74, 6) is 0.366. The summed E-state index contributed by atoms with van der Waals surface area (Å²) >= 11 is 0. The van der Waals surface area contributed by atoms with E-state index in [1.807, 2.05) is 57.2 Å². The molecule has 1 N–H and O–H groups in total. The smallest absolute Gasteiger partial charge is 0.246 e. The van der Waals surface area contributed by atoms with Crippen molar-refractivity contribution in [1.29, 1.82) is 0 Å². The van der Waals surface area contributed by atoms with Gasteiger partial charge < -0.3 is 14.7 Å². The van der Waals surface area contributed by atoms with Crippen molar-refractivity contribution in [3.8, 4) is 11.3 Å². The molecule has 2 aromatic rings. The molecule has 0 radical (unpaired) electrons. The standard InChI is InChI=1S/C21H27N3O3/c1-15(25)24-12-8-11-21(24,19(26)22-20(2,3)4)14-17-13-18(23-27-17)16-9-6-5-7-10-16/h5-7,9-10,13H,8,11-12,14H2,1-4H3,(H,22,26)/t21-/m0/s1. The van der Waals surface area contributed by atoms with Crippen molar-refractivity contribution in [3.05, 3.63) is 42.2 Å². The van der Waals surface area contributed by atoms with Crippen molar-refractivity contribution >= 4 is 11.8 Å². The molecule has 1 saturated heterocycles. The van der Waals surface area contributed by atoms with Crippen LogP contribution in [0.4, 0.5) is 0 Å². The van der Waals surface area contributed by atoms with Crippen molar-refractivity contribution in [3.63, 3.8) is 0 Å². The lowest BCUT2D eigenvalue weighted by molar-refractivity contribution is -0.144. The predicted molar refractivity (Wildman–Crippen MR) is 103 cm³/mol. The first kappa shape index (κ1) is 19.1. The average Bonchev–Trinajstić information content (AvgIpc) is 3.22. The second-order valence-electron chi connectivity index (χ2n) is 8.23. The van der Waals surface area contributed by atoms with Gasteiger partial charge in [-0.05, 0) is 33.6 Å². The molecule has 3 rings (SSSR count). The van der Waals surface area contributed by atoms with Gasteiger partial charge in [-0.15, -0.1) is 0 Å². The summed E-state index contributed by atoms with van der Waals surface area (Å²) < 4.78 is 5.55. The number of hydrogen-bond donors (Lipinski definition) is 1. The lowest BCUT2D eigenvalue weighted by Crippen LogP contribution is -2.61. The number of rotatable bonds is 4. The molecule has 1 fully saturated rings. The lowest BCUT2D eigenvalue weighted by Gasteiger charge is -2.38. The molecule has 0 unspecified atom stereocenters. The van der Waals surface area contributed by atoms with Gasteiger partial charge in [0.15, 0.2) is 0 Å². The SMILES string of the molecule is CC(=O)N1CCC[C@]1(Cc1cc(-c2ccccc2)no1)C(=O)NC(C)(C)C. The van der Waals surface area contributed by atoms with Crippen LogP contribution >= 0.6 is 0 Å². The van der Waals surface area contributed by atoms with Gasteiger partial charge in [-0.25, -0.2) is 0 Å². The molecule has 0 spiro atoms. The third-order valence-corrected chi connectivity index (χ3v) is 4.88. The van der Waals surface area contributed by atoms with E-state index in [4.69, 9.17) is 4.52 Å². The van der Waals surface area contributed by atoms with Crippen LogP contribution in [0.2, 0.25) is 0 Å². The highest BCUT2D eigenvalue weighted by molar-refractivity contribution is 5.92. The Labute approximate surface area is 159 Å². The zero-order chi connectivity index (χ0) is 19.7. The first-order valence-corrected chi connectivity index (χ1v) is 9.33. The highest BCUT2D eigenvalue weighted by Gasteiger charge is 2.50. The molecule has 0 aliphatic carbocycles. The molecule has 6 heteroatoms. The van der Waals surface area contributed by atoms with Gasteiger partial charge in [-0.1, -0.05) is 35.5 Å². The maximum atomic E-state index is 13.2. The summed E-state index contributed by atoms with van der Waals surface area (Å²) in [4.78, 5) is 27.1. The summed E-state index contributed by atoms with van der Waals surface area (Å²) in [5.41, 5.74) is 0.359. The van der Waals surface area contributed by atoms with E-state index in [2.05, 4.69) is 10.5 Å². The van der Waals surface area contributed by atoms with Gasteiger partial charge >= 0.3 is 0 Å². The summed E-state index contributed by atoms with van der Waals surface area (Å²) in [7, 11) is 0. The molecule has 1 aromatic heterocycles. The largest absolute Gasteiger partial charge is 0.361 e. The van der Waals surface area contributed by atoms with Crippen molar-refractivity contribution in [2.75, 3.05) is 6.54 Å². The minimum atomic E-state index is -0.938.